The van der Waals surface area contributed by atoms with Gasteiger partial charge in [-0.05, 0) is 54.9 Å². The highest BCUT2D eigenvalue weighted by molar-refractivity contribution is 9.10. The second-order valence-electron chi connectivity index (χ2n) is 5.76. The molecule has 0 aliphatic rings. The number of aromatic nitrogens is 1. The summed E-state index contributed by atoms with van der Waals surface area (Å²) in [5.41, 5.74) is 0.888. The predicted molar refractivity (Wildman–Crippen MR) is 85.0 cm³/mol. The molecule has 0 aliphatic heterocycles. The molecule has 0 saturated carbocycles. The minimum atomic E-state index is -0.336. The van der Waals surface area contributed by atoms with E-state index in [1.54, 1.807) is 18.3 Å². The van der Waals surface area contributed by atoms with E-state index in [1.807, 2.05) is 6.07 Å². The van der Waals surface area contributed by atoms with Crippen LogP contribution in [-0.4, -0.2) is 10.5 Å². The monoisotopic (exact) mass is 352 g/mol. The van der Waals surface area contributed by atoms with Crippen LogP contribution in [0.25, 0.3) is 0 Å². The SMILES string of the molecule is CC(C)(C)NCc1cc(Oc2cc(F)ccc2Br)ccn1. The maximum Gasteiger partial charge on any atom is 0.144 e. The number of hydrogen-bond acceptors (Lipinski definition) is 3. The van der Waals surface area contributed by atoms with Gasteiger partial charge in [-0.25, -0.2) is 4.39 Å². The highest BCUT2D eigenvalue weighted by atomic mass is 79.9. The molecule has 5 heteroatoms. The van der Waals surface area contributed by atoms with E-state index in [0.717, 1.165) is 5.69 Å². The van der Waals surface area contributed by atoms with Crippen LogP contribution in [0, 0.1) is 5.82 Å². The van der Waals surface area contributed by atoms with Gasteiger partial charge < -0.3 is 10.1 Å². The number of ether oxygens (including phenoxy) is 1. The average molecular weight is 353 g/mol. The first kappa shape index (κ1) is 15.9. The van der Waals surface area contributed by atoms with E-state index in [-0.39, 0.29) is 11.4 Å². The number of hydrogen-bond donors (Lipinski definition) is 1. The van der Waals surface area contributed by atoms with E-state index >= 15 is 0 Å². The quantitative estimate of drug-likeness (QED) is 0.868. The van der Waals surface area contributed by atoms with Crippen molar-refractivity contribution in [3.63, 3.8) is 0 Å². The van der Waals surface area contributed by atoms with Gasteiger partial charge in [0.15, 0.2) is 0 Å². The Morgan fingerprint density at radius 3 is 2.71 bits per heavy atom. The van der Waals surface area contributed by atoms with E-state index in [2.05, 4.69) is 47.0 Å². The Bertz CT molecular complexity index is 626. The molecular formula is C16H18BrFN2O. The summed E-state index contributed by atoms with van der Waals surface area (Å²) in [6.45, 7) is 6.93. The van der Waals surface area contributed by atoms with Gasteiger partial charge in [0, 0.05) is 30.4 Å². The number of halogens is 2. The van der Waals surface area contributed by atoms with Gasteiger partial charge >= 0.3 is 0 Å². The predicted octanol–water partition coefficient (Wildman–Crippen LogP) is 4.66. The zero-order valence-corrected chi connectivity index (χ0v) is 13.9. The molecule has 21 heavy (non-hydrogen) atoms. The molecule has 0 amide bonds. The van der Waals surface area contributed by atoms with Crippen LogP contribution in [0.15, 0.2) is 41.0 Å². The number of nitrogens with one attached hydrogen (secondary N) is 1. The van der Waals surface area contributed by atoms with Gasteiger partial charge in [0.1, 0.15) is 17.3 Å². The summed E-state index contributed by atoms with van der Waals surface area (Å²) < 4.78 is 19.7. The van der Waals surface area contributed by atoms with E-state index in [0.29, 0.717) is 22.5 Å². The van der Waals surface area contributed by atoms with Crippen LogP contribution in [0.3, 0.4) is 0 Å². The largest absolute Gasteiger partial charge is 0.456 e. The van der Waals surface area contributed by atoms with Crippen molar-refractivity contribution in [1.29, 1.82) is 0 Å². The van der Waals surface area contributed by atoms with Gasteiger partial charge in [0.2, 0.25) is 0 Å². The molecule has 112 valence electrons. The topological polar surface area (TPSA) is 34.1 Å². The fourth-order valence-electron chi connectivity index (χ4n) is 1.65. The highest BCUT2D eigenvalue weighted by Crippen LogP contribution is 2.30. The van der Waals surface area contributed by atoms with Crippen LogP contribution in [0.2, 0.25) is 0 Å². The van der Waals surface area contributed by atoms with Crippen molar-refractivity contribution in [1.82, 2.24) is 10.3 Å². The Morgan fingerprint density at radius 1 is 1.24 bits per heavy atom. The second kappa shape index (κ2) is 6.54. The zero-order valence-electron chi connectivity index (χ0n) is 12.3. The molecule has 2 rings (SSSR count). The Hall–Kier alpha value is -1.46. The summed E-state index contributed by atoms with van der Waals surface area (Å²) in [7, 11) is 0. The molecule has 0 radical (unpaired) electrons. The minimum absolute atomic E-state index is 0.0180. The number of nitrogens with zero attached hydrogens (tertiary/aromatic N) is 1. The molecule has 3 nitrogen and oxygen atoms in total. The molecule has 0 atom stereocenters. The van der Waals surface area contributed by atoms with Crippen LogP contribution in [0.4, 0.5) is 4.39 Å². The maximum atomic E-state index is 13.3. The smallest absolute Gasteiger partial charge is 0.144 e. The molecule has 0 fully saturated rings. The molecule has 2 aromatic rings. The van der Waals surface area contributed by atoms with E-state index in [9.17, 15) is 4.39 Å². The summed E-state index contributed by atoms with van der Waals surface area (Å²) in [5.74, 6) is 0.731. The van der Waals surface area contributed by atoms with Crippen molar-refractivity contribution < 1.29 is 9.13 Å². The molecule has 0 bridgehead atoms. The van der Waals surface area contributed by atoms with Crippen LogP contribution in [0.5, 0.6) is 11.5 Å². The van der Waals surface area contributed by atoms with E-state index < -0.39 is 0 Å². The molecule has 0 spiro atoms. The van der Waals surface area contributed by atoms with E-state index in [4.69, 9.17) is 4.74 Å². The Balaban J connectivity index is 2.12. The summed E-state index contributed by atoms with van der Waals surface area (Å²) in [6, 6.07) is 7.93. The number of rotatable bonds is 4. The molecule has 1 heterocycles. The molecular weight excluding hydrogens is 335 g/mol. The lowest BCUT2D eigenvalue weighted by atomic mass is 10.1. The van der Waals surface area contributed by atoms with Crippen molar-refractivity contribution >= 4 is 15.9 Å². The number of benzene rings is 1. The van der Waals surface area contributed by atoms with Crippen LogP contribution >= 0.6 is 15.9 Å². The molecule has 0 aliphatic carbocycles. The first-order chi connectivity index (χ1) is 9.83. The molecule has 1 aromatic carbocycles. The van der Waals surface area contributed by atoms with Gasteiger partial charge in [-0.1, -0.05) is 0 Å². The highest BCUT2D eigenvalue weighted by Gasteiger charge is 2.10. The Kier molecular flexibility index (Phi) is 4.96. The first-order valence-corrected chi connectivity index (χ1v) is 7.46. The van der Waals surface area contributed by atoms with Crippen molar-refractivity contribution in [2.75, 3.05) is 0 Å². The third kappa shape index (κ3) is 5.10. The lowest BCUT2D eigenvalue weighted by Gasteiger charge is -2.20. The summed E-state index contributed by atoms with van der Waals surface area (Å²) in [6.07, 6.45) is 1.68. The van der Waals surface area contributed by atoms with Gasteiger partial charge in [0.05, 0.1) is 10.2 Å². The zero-order chi connectivity index (χ0) is 15.5. The standard InChI is InChI=1S/C16H18BrFN2O/c1-16(2,3)20-10-12-9-13(6-7-19-12)21-15-8-11(18)4-5-14(15)17/h4-9,20H,10H2,1-3H3. The van der Waals surface area contributed by atoms with Gasteiger partial charge in [-0.3, -0.25) is 4.98 Å². The number of pyridine rings is 1. The van der Waals surface area contributed by atoms with Gasteiger partial charge in [-0.2, -0.15) is 0 Å². The normalized spacial score (nSPS) is 11.5. The van der Waals surface area contributed by atoms with Crippen molar-refractivity contribution in [2.24, 2.45) is 0 Å². The summed E-state index contributed by atoms with van der Waals surface area (Å²) >= 11 is 3.34. The third-order valence-corrected chi connectivity index (χ3v) is 3.36. The minimum Gasteiger partial charge on any atom is -0.456 e. The summed E-state index contributed by atoms with van der Waals surface area (Å²) in [5, 5.41) is 3.36. The maximum absolute atomic E-state index is 13.3. The fraction of sp³-hybridized carbons (Fsp3) is 0.312. The van der Waals surface area contributed by atoms with Crippen LogP contribution < -0.4 is 10.1 Å². The Morgan fingerprint density at radius 2 is 2.00 bits per heavy atom. The molecule has 0 unspecified atom stereocenters. The molecule has 1 aromatic heterocycles. The fourth-order valence-corrected chi connectivity index (χ4v) is 1.98. The van der Waals surface area contributed by atoms with Crippen molar-refractivity contribution in [3.8, 4) is 11.5 Å². The third-order valence-electron chi connectivity index (χ3n) is 2.71. The molecule has 0 saturated heterocycles. The van der Waals surface area contributed by atoms with Gasteiger partial charge in [0.25, 0.3) is 0 Å². The summed E-state index contributed by atoms with van der Waals surface area (Å²) in [4.78, 5) is 4.30. The van der Waals surface area contributed by atoms with Crippen LogP contribution in [-0.2, 0) is 6.54 Å². The average Bonchev–Trinajstić information content (AvgIpc) is 2.40. The molecule has 1 N–H and O–H groups in total. The van der Waals surface area contributed by atoms with Crippen molar-refractivity contribution in [3.05, 3.63) is 52.5 Å². The van der Waals surface area contributed by atoms with Crippen molar-refractivity contribution in [2.45, 2.75) is 32.9 Å². The van der Waals surface area contributed by atoms with Gasteiger partial charge in [-0.15, -0.1) is 0 Å². The lowest BCUT2D eigenvalue weighted by Crippen LogP contribution is -2.35. The first-order valence-electron chi connectivity index (χ1n) is 6.66. The lowest BCUT2D eigenvalue weighted by molar-refractivity contribution is 0.419. The Labute approximate surface area is 132 Å². The van der Waals surface area contributed by atoms with E-state index in [1.165, 1.54) is 12.1 Å². The second-order valence-corrected chi connectivity index (χ2v) is 6.62. The van der Waals surface area contributed by atoms with Crippen LogP contribution in [0.1, 0.15) is 26.5 Å².